The molecule has 4 heterocycles. The van der Waals surface area contributed by atoms with E-state index in [-0.39, 0.29) is 25.7 Å². The average Bonchev–Trinajstić information content (AvgIpc) is 3.79. The van der Waals surface area contributed by atoms with Crippen molar-refractivity contribution < 1.29 is 28.6 Å². The van der Waals surface area contributed by atoms with Crippen molar-refractivity contribution >= 4 is 33.1 Å². The Balaban J connectivity index is 0.000000246. The summed E-state index contributed by atoms with van der Waals surface area (Å²) in [5.74, 6) is 1.51. The molecule has 0 saturated heterocycles. The SMILES string of the molecule is CC(C)c1cccc(C(C)C)c1-n1c(-c2[c-]ccc3c2oc2nc(-c4ccccc4)ccc23)nc2ccccc21.[2H]C([2H])([2H])c1ccc(-c2[c-]cccc2)nc1.[Ir]. The minimum atomic E-state index is -2.09. The van der Waals surface area contributed by atoms with E-state index in [1.54, 1.807) is 18.2 Å². The molecule has 0 unspecified atom stereocenters. The molecule has 4 aromatic heterocycles. The molecule has 6 heteroatoms. The Morgan fingerprint density at radius 3 is 2.11 bits per heavy atom. The summed E-state index contributed by atoms with van der Waals surface area (Å²) in [5, 5.41) is 1.99. The van der Waals surface area contributed by atoms with Gasteiger partial charge in [0.1, 0.15) is 0 Å². The first-order valence-corrected chi connectivity index (χ1v) is 17.9. The molecule has 54 heavy (non-hydrogen) atoms. The van der Waals surface area contributed by atoms with Crippen molar-refractivity contribution in [3.63, 3.8) is 0 Å². The quantitative estimate of drug-likeness (QED) is 0.156. The Hall–Kier alpha value is -5.68. The number of benzene rings is 5. The topological polar surface area (TPSA) is 56.7 Å². The largest absolute Gasteiger partial charge is 0.486 e. The van der Waals surface area contributed by atoms with Gasteiger partial charge in [-0.2, -0.15) is 0 Å². The normalized spacial score (nSPS) is 12.3. The number of aromatic nitrogens is 4. The van der Waals surface area contributed by atoms with Crippen molar-refractivity contribution in [1.82, 2.24) is 19.5 Å². The van der Waals surface area contributed by atoms with Crippen molar-refractivity contribution in [3.8, 4) is 39.6 Å². The van der Waals surface area contributed by atoms with E-state index in [0.29, 0.717) is 17.5 Å². The summed E-state index contributed by atoms with van der Waals surface area (Å²) in [6.07, 6.45) is 1.39. The monoisotopic (exact) mass is 884 g/mol. The fourth-order valence-corrected chi connectivity index (χ4v) is 6.85. The van der Waals surface area contributed by atoms with Crippen LogP contribution in [0, 0.1) is 19.0 Å². The van der Waals surface area contributed by atoms with Crippen LogP contribution in [-0.4, -0.2) is 19.5 Å². The number of para-hydroxylation sites is 3. The molecular weight excluding hydrogens is 841 g/mol. The van der Waals surface area contributed by atoms with Crippen LogP contribution < -0.4 is 0 Å². The molecule has 0 atom stereocenters. The van der Waals surface area contributed by atoms with Crippen LogP contribution >= 0.6 is 0 Å². The second-order valence-corrected chi connectivity index (χ2v) is 13.7. The molecule has 0 aliphatic carbocycles. The Bertz CT molecular complexity index is 2770. The van der Waals surface area contributed by atoms with Crippen LogP contribution in [0.5, 0.6) is 0 Å². The Kier molecular flexibility index (Phi) is 9.60. The number of pyridine rings is 2. The maximum absolute atomic E-state index is 7.23. The van der Waals surface area contributed by atoms with E-state index in [0.717, 1.165) is 61.3 Å². The third kappa shape index (κ3) is 7.03. The zero-order chi connectivity index (χ0) is 39.0. The molecule has 269 valence electrons. The molecule has 0 N–H and O–H groups in total. The van der Waals surface area contributed by atoms with E-state index in [9.17, 15) is 0 Å². The molecule has 0 fully saturated rings. The Morgan fingerprint density at radius 1 is 0.667 bits per heavy atom. The van der Waals surface area contributed by atoms with Gasteiger partial charge in [0.2, 0.25) is 5.71 Å². The van der Waals surface area contributed by atoms with Gasteiger partial charge in [0, 0.05) is 47.1 Å². The number of hydrogen-bond donors (Lipinski definition) is 0. The van der Waals surface area contributed by atoms with Gasteiger partial charge in [0.25, 0.3) is 0 Å². The summed E-state index contributed by atoms with van der Waals surface area (Å²) in [7, 11) is 0. The van der Waals surface area contributed by atoms with Crippen LogP contribution in [0.1, 0.15) is 60.3 Å². The smallest absolute Gasteiger partial charge is 0.216 e. The summed E-state index contributed by atoms with van der Waals surface area (Å²) in [5.41, 5.74) is 11.8. The first-order chi connectivity index (χ1) is 27.1. The third-order valence-electron chi connectivity index (χ3n) is 9.47. The van der Waals surface area contributed by atoms with Crippen molar-refractivity contribution in [2.45, 2.75) is 46.4 Å². The van der Waals surface area contributed by atoms with Gasteiger partial charge in [-0.25, -0.2) is 4.98 Å². The van der Waals surface area contributed by atoms with Gasteiger partial charge >= 0.3 is 0 Å². The van der Waals surface area contributed by atoms with Crippen LogP contribution in [0.4, 0.5) is 0 Å². The van der Waals surface area contributed by atoms with Crippen molar-refractivity contribution in [2.75, 3.05) is 0 Å². The number of rotatable bonds is 6. The molecule has 5 aromatic carbocycles. The summed E-state index contributed by atoms with van der Waals surface area (Å²) >= 11 is 0. The van der Waals surface area contributed by atoms with E-state index < -0.39 is 6.85 Å². The molecule has 1 radical (unpaired) electrons. The summed E-state index contributed by atoms with van der Waals surface area (Å²) in [6, 6.07) is 50.7. The minimum Gasteiger partial charge on any atom is -0.486 e. The molecule has 0 amide bonds. The Labute approximate surface area is 334 Å². The fourth-order valence-electron chi connectivity index (χ4n) is 6.85. The molecule has 0 aliphatic heterocycles. The number of hydrogen-bond acceptors (Lipinski definition) is 4. The van der Waals surface area contributed by atoms with Gasteiger partial charge in [-0.1, -0.05) is 111 Å². The van der Waals surface area contributed by atoms with Gasteiger partial charge in [0.05, 0.1) is 28.1 Å². The molecule has 0 bridgehead atoms. The minimum absolute atomic E-state index is 0. The van der Waals surface area contributed by atoms with Gasteiger partial charge in [-0.05, 0) is 65.3 Å². The zero-order valence-electron chi connectivity index (χ0n) is 33.5. The van der Waals surface area contributed by atoms with Crippen molar-refractivity contribution in [3.05, 3.63) is 168 Å². The van der Waals surface area contributed by atoms with Gasteiger partial charge in [0.15, 0.2) is 0 Å². The van der Waals surface area contributed by atoms with Crippen LogP contribution in [0.2, 0.25) is 0 Å². The summed E-state index contributed by atoms with van der Waals surface area (Å²) in [6.45, 7) is 6.92. The fraction of sp³-hybridized carbons (Fsp3) is 0.146. The first-order valence-electron chi connectivity index (χ1n) is 19.4. The van der Waals surface area contributed by atoms with E-state index >= 15 is 0 Å². The number of imidazole rings is 1. The molecule has 9 aromatic rings. The first kappa shape index (κ1) is 32.9. The molecular formula is C48H40IrN4O-2. The standard InChI is InChI=1S/C36H30N3O.C12H10N.Ir/c1-22(2)25-14-10-15-26(23(3)4)33(25)39-32-19-9-8-18-31(32)37-35(39)29-17-11-16-27-28-20-21-30(24-12-6-5-7-13-24)38-36(28)40-34(27)29;1-10-7-8-12(13-9-10)11-5-3-2-4-6-11;/h5-16,18-23H,1-4H3;2-5,7-9H,1H3;/q2*-1;/i;1D3;. The summed E-state index contributed by atoms with van der Waals surface area (Å²) < 4.78 is 30.6. The maximum atomic E-state index is 7.23. The molecule has 0 saturated carbocycles. The Morgan fingerprint density at radius 2 is 1.41 bits per heavy atom. The van der Waals surface area contributed by atoms with E-state index in [2.05, 4.69) is 116 Å². The predicted molar refractivity (Wildman–Crippen MR) is 217 cm³/mol. The number of fused-ring (bicyclic) bond motifs is 4. The van der Waals surface area contributed by atoms with Crippen molar-refractivity contribution in [1.29, 1.82) is 0 Å². The zero-order valence-corrected chi connectivity index (χ0v) is 32.9. The van der Waals surface area contributed by atoms with E-state index in [1.165, 1.54) is 23.0 Å². The van der Waals surface area contributed by atoms with Crippen LogP contribution in [0.25, 0.3) is 72.7 Å². The molecule has 5 nitrogen and oxygen atoms in total. The maximum Gasteiger partial charge on any atom is 0.216 e. The second-order valence-electron chi connectivity index (χ2n) is 13.7. The van der Waals surface area contributed by atoms with Gasteiger partial charge in [-0.3, -0.25) is 4.98 Å². The number of aryl methyl sites for hydroxylation is 1. The van der Waals surface area contributed by atoms with Gasteiger partial charge in [-0.15, -0.1) is 54.1 Å². The average molecular weight is 884 g/mol. The predicted octanol–water partition coefficient (Wildman–Crippen LogP) is 12.6. The van der Waals surface area contributed by atoms with Crippen LogP contribution in [0.15, 0.2) is 144 Å². The number of furan rings is 1. The van der Waals surface area contributed by atoms with Crippen LogP contribution in [0.3, 0.4) is 0 Å². The van der Waals surface area contributed by atoms with Gasteiger partial charge < -0.3 is 14.0 Å². The molecule has 0 aliphatic rings. The summed E-state index contributed by atoms with van der Waals surface area (Å²) in [4.78, 5) is 14.2. The van der Waals surface area contributed by atoms with Crippen molar-refractivity contribution in [2.24, 2.45) is 0 Å². The molecule has 0 spiro atoms. The van der Waals surface area contributed by atoms with Crippen LogP contribution in [-0.2, 0) is 20.1 Å². The molecule has 9 rings (SSSR count). The second kappa shape index (κ2) is 15.7. The van der Waals surface area contributed by atoms with E-state index in [1.807, 2.05) is 48.5 Å². The van der Waals surface area contributed by atoms with E-state index in [4.69, 9.17) is 18.5 Å². The number of nitrogens with zero attached hydrogens (tertiary/aromatic N) is 4. The third-order valence-corrected chi connectivity index (χ3v) is 9.47.